The fraction of sp³-hybridized carbons (Fsp3) is 0.979. The van der Waals surface area contributed by atoms with Crippen LogP contribution in [0.2, 0.25) is 0 Å². The molecular weight excluding hydrogens is 611 g/mol. The summed E-state index contributed by atoms with van der Waals surface area (Å²) in [7, 11) is 0. The summed E-state index contributed by atoms with van der Waals surface area (Å²) in [6, 6.07) is 0. The number of hydrogen-bond donors (Lipinski definition) is 0. The number of nitrogens with zero attached hydrogens (tertiary/aromatic N) is 1. The highest BCUT2D eigenvalue weighted by atomic mass is 16.5. The maximum absolute atomic E-state index is 12.7. The van der Waals surface area contributed by atoms with E-state index in [1.54, 1.807) is 6.42 Å². The van der Waals surface area contributed by atoms with Gasteiger partial charge in [0.15, 0.2) is 0 Å². The van der Waals surface area contributed by atoms with E-state index in [4.69, 9.17) is 4.74 Å². The van der Waals surface area contributed by atoms with E-state index in [1.807, 2.05) is 0 Å². The molecule has 0 aromatic rings. The van der Waals surface area contributed by atoms with Crippen molar-refractivity contribution in [3.63, 3.8) is 0 Å². The number of unbranched alkanes of at least 4 members (excludes halogenated alkanes) is 24. The van der Waals surface area contributed by atoms with Crippen LogP contribution in [0.5, 0.6) is 0 Å². The van der Waals surface area contributed by atoms with Crippen molar-refractivity contribution in [2.45, 2.75) is 265 Å². The van der Waals surface area contributed by atoms with Crippen LogP contribution < -0.4 is 0 Å². The standard InChI is InChI=1S/C47H93NO2/c1-5-9-12-15-21-28-35-44-43-45(44)36-29-22-18-19-26-33-41-48(40-8-4)42-34-27-20-25-32-39-47(49)50-46(37-30-23-16-13-10-6-2)38-31-24-17-14-11-7-3/h44-46H,5-43H2,1-4H3. The lowest BCUT2D eigenvalue weighted by Gasteiger charge is -2.21. The highest BCUT2D eigenvalue weighted by Crippen LogP contribution is 2.45. The normalized spacial score (nSPS) is 15.8. The number of carbonyl (C=O) groups is 1. The van der Waals surface area contributed by atoms with E-state index in [2.05, 4.69) is 32.6 Å². The van der Waals surface area contributed by atoms with E-state index in [-0.39, 0.29) is 12.1 Å². The third-order valence-electron chi connectivity index (χ3n) is 11.7. The van der Waals surface area contributed by atoms with E-state index < -0.39 is 0 Å². The van der Waals surface area contributed by atoms with E-state index in [0.717, 1.165) is 31.1 Å². The maximum Gasteiger partial charge on any atom is 0.306 e. The van der Waals surface area contributed by atoms with Crippen molar-refractivity contribution >= 4 is 5.97 Å². The maximum atomic E-state index is 12.7. The van der Waals surface area contributed by atoms with Gasteiger partial charge < -0.3 is 9.64 Å². The lowest BCUT2D eigenvalue weighted by molar-refractivity contribution is -0.150. The molecular formula is C47H93NO2. The smallest absolute Gasteiger partial charge is 0.306 e. The predicted molar refractivity (Wildman–Crippen MR) is 222 cm³/mol. The molecule has 0 radical (unpaired) electrons. The zero-order valence-electron chi connectivity index (χ0n) is 35.1. The molecule has 2 unspecified atom stereocenters. The summed E-state index contributed by atoms with van der Waals surface area (Å²) < 4.78 is 6.06. The van der Waals surface area contributed by atoms with Crippen LogP contribution in [0.4, 0.5) is 0 Å². The van der Waals surface area contributed by atoms with Crippen molar-refractivity contribution in [2.24, 2.45) is 11.8 Å². The van der Waals surface area contributed by atoms with Crippen LogP contribution in [-0.4, -0.2) is 36.6 Å². The zero-order valence-corrected chi connectivity index (χ0v) is 35.1. The third kappa shape index (κ3) is 31.0. The Morgan fingerprint density at radius 2 is 0.840 bits per heavy atom. The summed E-state index contributed by atoms with van der Waals surface area (Å²) >= 11 is 0. The average molecular weight is 704 g/mol. The third-order valence-corrected chi connectivity index (χ3v) is 11.7. The van der Waals surface area contributed by atoms with Crippen LogP contribution in [0.3, 0.4) is 0 Å². The lowest BCUT2D eigenvalue weighted by Crippen LogP contribution is -2.27. The molecule has 3 heteroatoms. The second kappa shape index (κ2) is 36.8. The van der Waals surface area contributed by atoms with Gasteiger partial charge in [-0.05, 0) is 89.3 Å². The highest BCUT2D eigenvalue weighted by Gasteiger charge is 2.35. The lowest BCUT2D eigenvalue weighted by atomic mass is 10.0. The SMILES string of the molecule is CCCCCCCCC(CCCCCCCC)OC(=O)CCCCCCCN(CCC)CCCCCCCCC1CC1CCCCCCCC. The Labute approximate surface area is 316 Å². The molecule has 0 bridgehead atoms. The number of rotatable bonds is 41. The second-order valence-electron chi connectivity index (χ2n) is 16.8. The van der Waals surface area contributed by atoms with Crippen LogP contribution in [0, 0.1) is 11.8 Å². The van der Waals surface area contributed by atoms with Crippen LogP contribution in [-0.2, 0) is 9.53 Å². The Hall–Kier alpha value is -0.570. The molecule has 0 spiro atoms. The van der Waals surface area contributed by atoms with Gasteiger partial charge in [-0.2, -0.15) is 0 Å². The first-order valence-electron chi connectivity index (χ1n) is 23.6. The molecule has 0 aromatic heterocycles. The molecule has 2 atom stereocenters. The van der Waals surface area contributed by atoms with Crippen molar-refractivity contribution < 1.29 is 9.53 Å². The molecule has 1 rings (SSSR count). The molecule has 1 aliphatic carbocycles. The van der Waals surface area contributed by atoms with Crippen molar-refractivity contribution in [3.05, 3.63) is 0 Å². The average Bonchev–Trinajstić information content (AvgIpc) is 3.87. The molecule has 0 saturated heterocycles. The monoisotopic (exact) mass is 704 g/mol. The molecule has 1 fully saturated rings. The molecule has 0 aromatic carbocycles. The highest BCUT2D eigenvalue weighted by molar-refractivity contribution is 5.69. The molecule has 0 heterocycles. The van der Waals surface area contributed by atoms with Crippen LogP contribution in [0.15, 0.2) is 0 Å². The molecule has 1 aliphatic rings. The van der Waals surface area contributed by atoms with Gasteiger partial charge in [0.25, 0.3) is 0 Å². The van der Waals surface area contributed by atoms with Crippen molar-refractivity contribution in [1.29, 1.82) is 0 Å². The summed E-state index contributed by atoms with van der Waals surface area (Å²) in [5.41, 5.74) is 0. The first kappa shape index (κ1) is 47.5. The minimum absolute atomic E-state index is 0.0662. The molecule has 1 saturated carbocycles. The van der Waals surface area contributed by atoms with Crippen molar-refractivity contribution in [3.8, 4) is 0 Å². The molecule has 0 amide bonds. The minimum Gasteiger partial charge on any atom is -0.462 e. The first-order valence-corrected chi connectivity index (χ1v) is 23.6. The number of hydrogen-bond acceptors (Lipinski definition) is 3. The Morgan fingerprint density at radius 1 is 0.460 bits per heavy atom. The van der Waals surface area contributed by atoms with E-state index >= 15 is 0 Å². The van der Waals surface area contributed by atoms with Gasteiger partial charge in [0.05, 0.1) is 0 Å². The predicted octanol–water partition coefficient (Wildman–Crippen LogP) is 15.6. The van der Waals surface area contributed by atoms with Crippen LogP contribution in [0.25, 0.3) is 0 Å². The summed E-state index contributed by atoms with van der Waals surface area (Å²) in [6.07, 6.45) is 47.9. The molecule has 298 valence electrons. The van der Waals surface area contributed by atoms with Crippen molar-refractivity contribution in [1.82, 2.24) is 4.90 Å². The van der Waals surface area contributed by atoms with Crippen molar-refractivity contribution in [2.75, 3.05) is 19.6 Å². The molecule has 3 nitrogen and oxygen atoms in total. The topological polar surface area (TPSA) is 29.5 Å². The number of carbonyl (C=O) groups excluding carboxylic acids is 1. The van der Waals surface area contributed by atoms with Gasteiger partial charge in [-0.3, -0.25) is 4.79 Å². The summed E-state index contributed by atoms with van der Waals surface area (Å²) in [6.45, 7) is 13.0. The quantitative estimate of drug-likeness (QED) is 0.0469. The van der Waals surface area contributed by atoms with E-state index in [0.29, 0.717) is 6.42 Å². The Balaban J connectivity index is 2.04. The molecule has 0 N–H and O–H groups in total. The van der Waals surface area contributed by atoms with Gasteiger partial charge in [0.2, 0.25) is 0 Å². The van der Waals surface area contributed by atoms with Gasteiger partial charge >= 0.3 is 5.97 Å². The van der Waals surface area contributed by atoms with Gasteiger partial charge in [-0.15, -0.1) is 0 Å². The summed E-state index contributed by atoms with van der Waals surface area (Å²) in [5, 5.41) is 0. The Kier molecular flexibility index (Phi) is 34.9. The summed E-state index contributed by atoms with van der Waals surface area (Å²) in [4.78, 5) is 15.5. The van der Waals surface area contributed by atoms with E-state index in [1.165, 1.54) is 219 Å². The minimum atomic E-state index is 0.0662. The number of esters is 1. The number of ether oxygens (including phenoxy) is 1. The first-order chi connectivity index (χ1) is 24.6. The Morgan fingerprint density at radius 3 is 1.28 bits per heavy atom. The van der Waals surface area contributed by atoms with Gasteiger partial charge in [0, 0.05) is 6.42 Å². The molecule has 50 heavy (non-hydrogen) atoms. The molecule has 0 aliphatic heterocycles. The van der Waals surface area contributed by atoms with Gasteiger partial charge in [-0.25, -0.2) is 0 Å². The van der Waals surface area contributed by atoms with Crippen LogP contribution in [0.1, 0.15) is 259 Å². The Bertz CT molecular complexity index is 679. The zero-order chi connectivity index (χ0) is 36.2. The summed E-state index contributed by atoms with van der Waals surface area (Å²) in [5.74, 6) is 2.27. The second-order valence-corrected chi connectivity index (χ2v) is 16.8. The van der Waals surface area contributed by atoms with E-state index in [9.17, 15) is 4.79 Å². The van der Waals surface area contributed by atoms with Gasteiger partial charge in [0.1, 0.15) is 6.10 Å². The van der Waals surface area contributed by atoms with Crippen LogP contribution >= 0.6 is 0 Å². The fourth-order valence-electron chi connectivity index (χ4n) is 8.25. The fourth-order valence-corrected chi connectivity index (χ4v) is 8.25. The van der Waals surface area contributed by atoms with Gasteiger partial charge in [-0.1, -0.05) is 195 Å². The largest absolute Gasteiger partial charge is 0.462 e.